The lowest BCUT2D eigenvalue weighted by molar-refractivity contribution is 1.48. The zero-order valence-corrected chi connectivity index (χ0v) is 9.14. The first kappa shape index (κ1) is 10.8. The third-order valence-corrected chi connectivity index (χ3v) is 2.58. The van der Waals surface area contributed by atoms with Crippen molar-refractivity contribution < 1.29 is 0 Å². The maximum absolute atomic E-state index is 9.13. The molecule has 0 saturated heterocycles. The Hall–Kier alpha value is -2.67. The number of nitrogens with zero attached hydrogens (tertiary/aromatic N) is 1. The Morgan fingerprint density at radius 2 is 1.41 bits per heavy atom. The molecule has 0 atom stereocenters. The first-order chi connectivity index (χ1) is 8.13. The molecule has 0 bridgehead atoms. The summed E-state index contributed by atoms with van der Waals surface area (Å²) in [6, 6.07) is 12.6. The standard InChI is InChI=1S/C13H12N4/c14-7-10-11(16)5-6-12(17)13(10)8-1-3-9(15)4-2-8/h1-6H,15-17H2. The first-order valence-electron chi connectivity index (χ1n) is 5.07. The van der Waals surface area contributed by atoms with Crippen LogP contribution in [-0.4, -0.2) is 0 Å². The lowest BCUT2D eigenvalue weighted by atomic mass is 9.97. The molecule has 0 heterocycles. The van der Waals surface area contributed by atoms with E-state index in [1.165, 1.54) is 0 Å². The van der Waals surface area contributed by atoms with E-state index in [-0.39, 0.29) is 0 Å². The van der Waals surface area contributed by atoms with Crippen LogP contribution in [0.4, 0.5) is 17.1 Å². The average Bonchev–Trinajstić information content (AvgIpc) is 2.33. The van der Waals surface area contributed by atoms with Gasteiger partial charge in [0.25, 0.3) is 0 Å². The summed E-state index contributed by atoms with van der Waals surface area (Å²) in [7, 11) is 0. The Balaban J connectivity index is 2.71. The number of nitrogen functional groups attached to an aromatic ring is 3. The van der Waals surface area contributed by atoms with Gasteiger partial charge in [0.2, 0.25) is 0 Å². The van der Waals surface area contributed by atoms with Crippen molar-refractivity contribution in [3.8, 4) is 17.2 Å². The van der Waals surface area contributed by atoms with E-state index in [9.17, 15) is 0 Å². The maximum Gasteiger partial charge on any atom is 0.102 e. The SMILES string of the molecule is N#Cc1c(N)ccc(N)c1-c1ccc(N)cc1. The summed E-state index contributed by atoms with van der Waals surface area (Å²) in [6.07, 6.45) is 0. The van der Waals surface area contributed by atoms with E-state index in [0.29, 0.717) is 28.2 Å². The van der Waals surface area contributed by atoms with Gasteiger partial charge in [0.1, 0.15) is 6.07 Å². The molecule has 0 spiro atoms. The minimum absolute atomic E-state index is 0.398. The predicted octanol–water partition coefficient (Wildman–Crippen LogP) is 1.97. The largest absolute Gasteiger partial charge is 0.399 e. The van der Waals surface area contributed by atoms with Crippen molar-refractivity contribution in [1.82, 2.24) is 0 Å². The number of nitriles is 1. The van der Waals surface area contributed by atoms with Crippen LogP contribution in [0, 0.1) is 11.3 Å². The highest BCUT2D eigenvalue weighted by Crippen LogP contribution is 2.33. The molecule has 0 amide bonds. The van der Waals surface area contributed by atoms with Gasteiger partial charge in [-0.05, 0) is 29.8 Å². The zero-order chi connectivity index (χ0) is 12.4. The summed E-state index contributed by atoms with van der Waals surface area (Å²) in [5.41, 5.74) is 20.8. The number of nitrogens with two attached hydrogens (primary N) is 3. The summed E-state index contributed by atoms with van der Waals surface area (Å²) >= 11 is 0. The van der Waals surface area contributed by atoms with Crippen molar-refractivity contribution in [3.05, 3.63) is 42.0 Å². The van der Waals surface area contributed by atoms with Gasteiger partial charge in [0.15, 0.2) is 0 Å². The normalized spacial score (nSPS) is 9.82. The van der Waals surface area contributed by atoms with Gasteiger partial charge in [0, 0.05) is 16.9 Å². The smallest absolute Gasteiger partial charge is 0.102 e. The number of benzene rings is 2. The Morgan fingerprint density at radius 1 is 0.824 bits per heavy atom. The van der Waals surface area contributed by atoms with Crippen molar-refractivity contribution in [2.75, 3.05) is 17.2 Å². The second kappa shape index (κ2) is 4.06. The van der Waals surface area contributed by atoms with Crippen molar-refractivity contribution in [2.24, 2.45) is 0 Å². The minimum atomic E-state index is 0.398. The molecule has 6 N–H and O–H groups in total. The molecule has 4 heteroatoms. The summed E-state index contributed by atoms with van der Waals surface area (Å²) in [6.45, 7) is 0. The van der Waals surface area contributed by atoms with Gasteiger partial charge in [-0.15, -0.1) is 0 Å². The van der Waals surface area contributed by atoms with Crippen LogP contribution in [0.2, 0.25) is 0 Å². The lowest BCUT2D eigenvalue weighted by Gasteiger charge is -2.10. The van der Waals surface area contributed by atoms with E-state index in [2.05, 4.69) is 6.07 Å². The van der Waals surface area contributed by atoms with Gasteiger partial charge in [-0.2, -0.15) is 5.26 Å². The molecule has 2 aromatic rings. The summed E-state index contributed by atoms with van der Waals surface area (Å²) in [5.74, 6) is 0. The van der Waals surface area contributed by atoms with Gasteiger partial charge >= 0.3 is 0 Å². The van der Waals surface area contributed by atoms with E-state index in [1.807, 2.05) is 12.1 Å². The van der Waals surface area contributed by atoms with Crippen LogP contribution in [0.15, 0.2) is 36.4 Å². The molecule has 17 heavy (non-hydrogen) atoms. The Kier molecular flexibility index (Phi) is 2.59. The van der Waals surface area contributed by atoms with Gasteiger partial charge in [-0.3, -0.25) is 0 Å². The number of rotatable bonds is 1. The van der Waals surface area contributed by atoms with Gasteiger partial charge in [-0.25, -0.2) is 0 Å². The molecule has 0 aliphatic heterocycles. The monoisotopic (exact) mass is 224 g/mol. The molecule has 2 rings (SSSR count). The average molecular weight is 224 g/mol. The lowest BCUT2D eigenvalue weighted by Crippen LogP contribution is -1.98. The third-order valence-electron chi connectivity index (χ3n) is 2.58. The van der Waals surface area contributed by atoms with Gasteiger partial charge < -0.3 is 17.2 Å². The fraction of sp³-hybridized carbons (Fsp3) is 0. The molecule has 0 radical (unpaired) electrons. The van der Waals surface area contributed by atoms with E-state index in [0.717, 1.165) is 5.56 Å². The van der Waals surface area contributed by atoms with Crippen LogP contribution in [-0.2, 0) is 0 Å². The van der Waals surface area contributed by atoms with Crippen LogP contribution in [0.1, 0.15) is 5.56 Å². The van der Waals surface area contributed by atoms with Crippen molar-refractivity contribution in [2.45, 2.75) is 0 Å². The van der Waals surface area contributed by atoms with Crippen LogP contribution < -0.4 is 17.2 Å². The zero-order valence-electron chi connectivity index (χ0n) is 9.14. The first-order valence-corrected chi connectivity index (χ1v) is 5.07. The van der Waals surface area contributed by atoms with E-state index < -0.39 is 0 Å². The second-order valence-corrected chi connectivity index (χ2v) is 3.73. The summed E-state index contributed by atoms with van der Waals surface area (Å²) < 4.78 is 0. The van der Waals surface area contributed by atoms with Crippen molar-refractivity contribution in [1.29, 1.82) is 5.26 Å². The Morgan fingerprint density at radius 3 is 2.00 bits per heavy atom. The van der Waals surface area contributed by atoms with E-state index in [4.69, 9.17) is 22.5 Å². The number of hydrogen-bond donors (Lipinski definition) is 3. The molecule has 2 aromatic carbocycles. The Bertz CT molecular complexity index is 594. The van der Waals surface area contributed by atoms with Crippen LogP contribution in [0.3, 0.4) is 0 Å². The van der Waals surface area contributed by atoms with Gasteiger partial charge in [0.05, 0.1) is 11.3 Å². The summed E-state index contributed by atoms with van der Waals surface area (Å²) in [4.78, 5) is 0. The molecule has 0 fully saturated rings. The third kappa shape index (κ3) is 1.86. The molecule has 0 aromatic heterocycles. The fourth-order valence-electron chi connectivity index (χ4n) is 1.72. The van der Waals surface area contributed by atoms with Crippen LogP contribution >= 0.6 is 0 Å². The highest BCUT2D eigenvalue weighted by molar-refractivity contribution is 5.86. The van der Waals surface area contributed by atoms with Crippen molar-refractivity contribution >= 4 is 17.1 Å². The van der Waals surface area contributed by atoms with Crippen molar-refractivity contribution in [3.63, 3.8) is 0 Å². The number of hydrogen-bond acceptors (Lipinski definition) is 4. The quantitative estimate of drug-likeness (QED) is 0.644. The maximum atomic E-state index is 9.13. The topological polar surface area (TPSA) is 102 Å². The molecule has 0 aliphatic carbocycles. The predicted molar refractivity (Wildman–Crippen MR) is 69.8 cm³/mol. The highest BCUT2D eigenvalue weighted by atomic mass is 14.6. The summed E-state index contributed by atoms with van der Waals surface area (Å²) in [5, 5.41) is 9.13. The van der Waals surface area contributed by atoms with E-state index >= 15 is 0 Å². The van der Waals surface area contributed by atoms with Crippen LogP contribution in [0.25, 0.3) is 11.1 Å². The molecule has 0 aliphatic rings. The highest BCUT2D eigenvalue weighted by Gasteiger charge is 2.11. The molecule has 0 unspecified atom stereocenters. The molecular formula is C13H12N4. The number of anilines is 3. The van der Waals surface area contributed by atoms with Crippen LogP contribution in [0.5, 0.6) is 0 Å². The fourth-order valence-corrected chi connectivity index (χ4v) is 1.72. The molecule has 4 nitrogen and oxygen atoms in total. The second-order valence-electron chi connectivity index (χ2n) is 3.73. The minimum Gasteiger partial charge on any atom is -0.399 e. The molecular weight excluding hydrogens is 212 g/mol. The molecule has 0 saturated carbocycles. The molecule has 84 valence electrons. The van der Waals surface area contributed by atoms with E-state index in [1.54, 1.807) is 24.3 Å². The Labute approximate surface area is 99.3 Å². The van der Waals surface area contributed by atoms with Gasteiger partial charge in [-0.1, -0.05) is 12.1 Å².